The fraction of sp³-hybridized carbons (Fsp3) is 0.957. The van der Waals surface area contributed by atoms with Gasteiger partial charge < -0.3 is 186 Å². The standard InChI is InChI=1S/C47H83N3O36/c48-15(1-2-22(57)49-13(9-75-42-33(68)27(62)23(58)16(3-51)79-42)10-76-43-34(69)28(63)24(59)17(4-52)80-43)41(74)50-14(11-77-44-37(72)31(66)39(20(7-55)83-44)85-46-35(70)29(64)25(60)18(5-53)81-46)12-78-45-38(73)32(67)40(21(8-56)84-45)86-47-36(71)30(65)26(61)19(6-54)82-47/h13-21,23-40,42-47,51-56,58-73H,1-12,48H2,(H,49,57)(H,50,74)/t15?,16-,17-,18-,19-,20-,21-,23-,24-,25+,26+,27+,28+,29+,30+,31-,32-,33+,34+,35-,36-,37-,38-,39-,40-,42+,43+,44-,45-,46+,47+/m1/s1. The topological polar surface area (TPSA) is 640 Å². The highest BCUT2D eigenvalue weighted by atomic mass is 16.8. The summed E-state index contributed by atoms with van der Waals surface area (Å²) in [5.74, 6) is -1.96. The van der Waals surface area contributed by atoms with E-state index in [0.29, 0.717) is 0 Å². The van der Waals surface area contributed by atoms with Crippen LogP contribution in [0.25, 0.3) is 0 Å². The van der Waals surface area contributed by atoms with Gasteiger partial charge in [0, 0.05) is 6.42 Å². The number of nitrogens with one attached hydrogen (secondary N) is 2. The van der Waals surface area contributed by atoms with Gasteiger partial charge in [-0.05, 0) is 6.42 Å². The number of ether oxygens (including phenoxy) is 12. The van der Waals surface area contributed by atoms with E-state index in [0.717, 1.165) is 0 Å². The van der Waals surface area contributed by atoms with Crippen molar-refractivity contribution in [2.45, 2.75) is 215 Å². The van der Waals surface area contributed by atoms with Gasteiger partial charge in [-0.1, -0.05) is 0 Å². The number of carbonyl (C=O) groups is 2. The number of nitrogens with two attached hydrogens (primary N) is 1. The van der Waals surface area contributed by atoms with Crippen molar-refractivity contribution in [1.82, 2.24) is 10.6 Å². The molecule has 1 unspecified atom stereocenters. The quantitative estimate of drug-likeness (QED) is 0.0346. The van der Waals surface area contributed by atoms with E-state index in [-0.39, 0.29) is 0 Å². The number of aliphatic hydroxyl groups is 22. The van der Waals surface area contributed by atoms with Crippen LogP contribution in [0.3, 0.4) is 0 Å². The molecule has 0 aromatic heterocycles. The molecule has 6 rings (SSSR count). The minimum absolute atomic E-state index is 0.491. The van der Waals surface area contributed by atoms with Crippen LogP contribution >= 0.6 is 0 Å². The molecule has 0 spiro atoms. The maximum absolute atomic E-state index is 13.8. The first-order valence-corrected chi connectivity index (χ1v) is 27.3. The zero-order valence-electron chi connectivity index (χ0n) is 45.7. The second kappa shape index (κ2) is 33.2. The van der Waals surface area contributed by atoms with Gasteiger partial charge in [0.15, 0.2) is 37.7 Å². The Morgan fingerprint density at radius 1 is 0.349 bits per heavy atom. The number of hydrogen-bond donors (Lipinski definition) is 25. The Balaban J connectivity index is 1.13. The van der Waals surface area contributed by atoms with Crippen LogP contribution in [-0.2, 0) is 66.4 Å². The van der Waals surface area contributed by atoms with Crippen molar-refractivity contribution in [1.29, 1.82) is 0 Å². The van der Waals surface area contributed by atoms with Gasteiger partial charge in [0.25, 0.3) is 0 Å². The van der Waals surface area contributed by atoms with E-state index in [1.54, 1.807) is 0 Å². The summed E-state index contributed by atoms with van der Waals surface area (Å²) in [4.78, 5) is 27.3. The first-order valence-electron chi connectivity index (χ1n) is 27.3. The van der Waals surface area contributed by atoms with Gasteiger partial charge in [0.1, 0.15) is 146 Å². The van der Waals surface area contributed by atoms with Gasteiger partial charge in [-0.15, -0.1) is 0 Å². The Kier molecular flexibility index (Phi) is 28.0. The highest BCUT2D eigenvalue weighted by Gasteiger charge is 2.54. The molecule has 26 N–H and O–H groups in total. The predicted molar refractivity (Wildman–Crippen MR) is 265 cm³/mol. The summed E-state index contributed by atoms with van der Waals surface area (Å²) in [7, 11) is 0. The minimum Gasteiger partial charge on any atom is -0.394 e. The fourth-order valence-corrected chi connectivity index (χ4v) is 9.93. The zero-order valence-corrected chi connectivity index (χ0v) is 45.7. The van der Waals surface area contributed by atoms with E-state index in [1.807, 2.05) is 0 Å². The molecule has 6 saturated heterocycles. The Labute approximate surface area is 487 Å². The van der Waals surface area contributed by atoms with Gasteiger partial charge >= 0.3 is 0 Å². The lowest BCUT2D eigenvalue weighted by molar-refractivity contribution is -0.362. The number of amides is 2. The van der Waals surface area contributed by atoms with Crippen molar-refractivity contribution in [2.24, 2.45) is 5.73 Å². The summed E-state index contributed by atoms with van der Waals surface area (Å²) >= 11 is 0. The monoisotopic (exact) mass is 1270 g/mol. The van der Waals surface area contributed by atoms with Crippen LogP contribution in [0.5, 0.6) is 0 Å². The third-order valence-electron chi connectivity index (χ3n) is 15.2. The van der Waals surface area contributed by atoms with Crippen LogP contribution in [0.4, 0.5) is 0 Å². The molecule has 0 radical (unpaired) electrons. The Morgan fingerprint density at radius 3 is 0.907 bits per heavy atom. The molecule has 6 aliphatic rings. The van der Waals surface area contributed by atoms with Crippen LogP contribution in [0.15, 0.2) is 0 Å². The fourth-order valence-electron chi connectivity index (χ4n) is 9.93. The van der Waals surface area contributed by atoms with Crippen molar-refractivity contribution in [3.8, 4) is 0 Å². The maximum Gasteiger partial charge on any atom is 0.237 e. The average molecular weight is 1270 g/mol. The predicted octanol–water partition coefficient (Wildman–Crippen LogP) is -17.0. The van der Waals surface area contributed by atoms with E-state index >= 15 is 0 Å². The van der Waals surface area contributed by atoms with Gasteiger partial charge in [-0.2, -0.15) is 0 Å². The molecule has 39 nitrogen and oxygen atoms in total. The average Bonchev–Trinajstić information content (AvgIpc) is 2.72. The smallest absolute Gasteiger partial charge is 0.237 e. The summed E-state index contributed by atoms with van der Waals surface area (Å²) in [5.41, 5.74) is 6.23. The summed E-state index contributed by atoms with van der Waals surface area (Å²) in [6, 6.07) is -4.47. The summed E-state index contributed by atoms with van der Waals surface area (Å²) in [5, 5.41) is 233. The second-order valence-electron chi connectivity index (χ2n) is 21.4. The molecule has 39 heteroatoms. The second-order valence-corrected chi connectivity index (χ2v) is 21.4. The van der Waals surface area contributed by atoms with Gasteiger partial charge in [-0.3, -0.25) is 9.59 Å². The minimum atomic E-state index is -2.11. The summed E-state index contributed by atoms with van der Waals surface area (Å²) in [6.45, 7) is -8.31. The Morgan fingerprint density at radius 2 is 0.605 bits per heavy atom. The molecule has 0 aliphatic carbocycles. The van der Waals surface area contributed by atoms with Crippen LogP contribution in [0.1, 0.15) is 12.8 Å². The molecule has 2 amide bonds. The maximum atomic E-state index is 13.8. The van der Waals surface area contributed by atoms with Gasteiger partial charge in [-0.25, -0.2) is 0 Å². The lowest BCUT2D eigenvalue weighted by Crippen LogP contribution is -2.65. The number of hydrogen-bond acceptors (Lipinski definition) is 37. The molecule has 0 bridgehead atoms. The van der Waals surface area contributed by atoms with Crippen molar-refractivity contribution >= 4 is 11.8 Å². The van der Waals surface area contributed by atoms with E-state index in [1.165, 1.54) is 0 Å². The lowest BCUT2D eigenvalue weighted by atomic mass is 9.97. The number of aliphatic hydroxyl groups excluding tert-OH is 22. The summed E-state index contributed by atoms with van der Waals surface area (Å²) in [6.07, 6.45) is -55.6. The summed E-state index contributed by atoms with van der Waals surface area (Å²) < 4.78 is 66.4. The molecular formula is C47H83N3O36. The number of carbonyl (C=O) groups excluding carboxylic acids is 2. The SMILES string of the molecule is NC(CCC(=O)NC(CO[C@H]1O[C@H](CO)[C@@H](O)[C@H](O)[C@@H]1O)CO[C@H]1O[C@H](CO)[C@@H](O)[C@H](O)[C@@H]1O)C(=O)NC(CO[C@@H]1O[C@H](CO)[C@@H](O[C@@H]2O[C@H](CO)[C@H](O)[C@H](O)[C@H]2O)[C@H](O)[C@H]1O)CO[C@@H]1O[C@H](CO)[C@@H](O[C@@H]2O[C@H](CO)[C@H](O)[C@H](O)[C@H]2O)[C@H](O)[C@H]1O. The van der Waals surface area contributed by atoms with Crippen LogP contribution in [0.2, 0.25) is 0 Å². The van der Waals surface area contributed by atoms with Gasteiger partial charge in [0.05, 0.1) is 84.2 Å². The van der Waals surface area contributed by atoms with Gasteiger partial charge in [0.2, 0.25) is 11.8 Å². The van der Waals surface area contributed by atoms with Crippen molar-refractivity contribution in [3.05, 3.63) is 0 Å². The molecule has 0 aromatic rings. The normalized spacial score (nSPS) is 44.6. The largest absolute Gasteiger partial charge is 0.394 e. The molecule has 6 fully saturated rings. The van der Waals surface area contributed by atoms with Crippen LogP contribution in [-0.4, -0.2) is 393 Å². The molecule has 0 aromatic carbocycles. The van der Waals surface area contributed by atoms with Crippen molar-refractivity contribution < 1.29 is 179 Å². The van der Waals surface area contributed by atoms with Crippen LogP contribution < -0.4 is 16.4 Å². The molecule has 502 valence electrons. The Bertz CT molecular complexity index is 1910. The van der Waals surface area contributed by atoms with Crippen molar-refractivity contribution in [2.75, 3.05) is 66.1 Å². The first-order chi connectivity index (χ1) is 40.7. The number of rotatable bonds is 28. The van der Waals surface area contributed by atoms with E-state index < -0.39 is 293 Å². The zero-order chi connectivity index (χ0) is 63.6. The van der Waals surface area contributed by atoms with Crippen molar-refractivity contribution in [3.63, 3.8) is 0 Å². The molecule has 6 heterocycles. The molecule has 31 atom stereocenters. The van der Waals surface area contributed by atoms with Crippen LogP contribution in [0, 0.1) is 0 Å². The molecule has 0 saturated carbocycles. The highest BCUT2D eigenvalue weighted by molar-refractivity contribution is 5.83. The van der Waals surface area contributed by atoms with E-state index in [9.17, 15) is 122 Å². The molecule has 86 heavy (non-hydrogen) atoms. The first kappa shape index (κ1) is 72.6. The molecular weight excluding hydrogens is 1180 g/mol. The lowest BCUT2D eigenvalue weighted by Gasteiger charge is -2.46. The van der Waals surface area contributed by atoms with E-state index in [4.69, 9.17) is 62.6 Å². The molecule has 6 aliphatic heterocycles. The third kappa shape index (κ3) is 17.4. The van der Waals surface area contributed by atoms with E-state index in [2.05, 4.69) is 10.6 Å². The highest BCUT2D eigenvalue weighted by Crippen LogP contribution is 2.33. The Hall–Kier alpha value is -2.46. The third-order valence-corrected chi connectivity index (χ3v) is 15.2.